The molecule has 1 saturated heterocycles. The van der Waals surface area contributed by atoms with Gasteiger partial charge in [0, 0.05) is 18.5 Å². The minimum Gasteiger partial charge on any atom is -0.465 e. The van der Waals surface area contributed by atoms with E-state index < -0.39 is 34.9 Å². The molecule has 1 fully saturated rings. The fraction of sp³-hybridized carbons (Fsp3) is 0.438. The molecule has 1 aliphatic heterocycles. The first-order chi connectivity index (χ1) is 12.9. The van der Waals surface area contributed by atoms with E-state index in [0.717, 1.165) is 6.07 Å². The molecule has 2 aromatic rings. The summed E-state index contributed by atoms with van der Waals surface area (Å²) in [5, 5.41) is 8.95. The topological polar surface area (TPSA) is 69.6 Å². The number of fused-ring (bicyclic) bond motifs is 1. The van der Waals surface area contributed by atoms with Crippen molar-refractivity contribution in [1.82, 2.24) is 14.9 Å². The lowest BCUT2D eigenvalue weighted by Gasteiger charge is -2.43. The van der Waals surface area contributed by atoms with Crippen molar-refractivity contribution in [3.63, 3.8) is 0 Å². The van der Waals surface area contributed by atoms with E-state index in [1.54, 1.807) is 41.3 Å². The monoisotopic (exact) mass is 548 g/mol. The lowest BCUT2D eigenvalue weighted by Crippen LogP contribution is -2.58. The zero-order valence-electron chi connectivity index (χ0n) is 14.6. The molecule has 1 N–H and O–H groups in total. The van der Waals surface area contributed by atoms with Gasteiger partial charge in [-0.05, 0) is 54.1 Å². The molecule has 12 heteroatoms. The minimum absolute atomic E-state index is 0.125. The number of rotatable bonds is 1. The molecule has 0 saturated carbocycles. The largest absolute Gasteiger partial charge is 0.465 e. The molecule has 152 valence electrons. The number of carbonyl (C=O) groups is 1. The van der Waals surface area contributed by atoms with Crippen molar-refractivity contribution in [2.45, 2.75) is 32.1 Å². The number of anilines is 1. The van der Waals surface area contributed by atoms with E-state index in [2.05, 4.69) is 9.97 Å². The van der Waals surface area contributed by atoms with Crippen molar-refractivity contribution in [2.75, 3.05) is 18.0 Å². The first-order valence-electron chi connectivity index (χ1n) is 8.10. The molecular formula is C16H14Cl2F3IN4O2. The summed E-state index contributed by atoms with van der Waals surface area (Å²) in [5.41, 5.74) is -0.766. The number of nitrogens with zero attached hydrogens (tertiary/aromatic N) is 4. The van der Waals surface area contributed by atoms with Crippen LogP contribution in [0.25, 0.3) is 10.9 Å². The van der Waals surface area contributed by atoms with Crippen LogP contribution in [0.1, 0.15) is 19.4 Å². The van der Waals surface area contributed by atoms with Gasteiger partial charge in [-0.15, -0.1) is 0 Å². The van der Waals surface area contributed by atoms with Gasteiger partial charge in [-0.2, -0.15) is 18.2 Å². The van der Waals surface area contributed by atoms with Gasteiger partial charge in [0.2, 0.25) is 5.28 Å². The summed E-state index contributed by atoms with van der Waals surface area (Å²) in [5.74, 6) is 0.221. The lowest BCUT2D eigenvalue weighted by atomic mass is 10.1. The van der Waals surface area contributed by atoms with Crippen LogP contribution in [0.2, 0.25) is 10.3 Å². The highest BCUT2D eigenvalue weighted by Gasteiger charge is 2.37. The lowest BCUT2D eigenvalue weighted by molar-refractivity contribution is -0.137. The third kappa shape index (κ3) is 3.78. The number of amides is 1. The summed E-state index contributed by atoms with van der Waals surface area (Å²) < 4.78 is 40.4. The van der Waals surface area contributed by atoms with Gasteiger partial charge in [0.15, 0.2) is 0 Å². The average molecular weight is 549 g/mol. The van der Waals surface area contributed by atoms with Crippen LogP contribution in [0.5, 0.6) is 0 Å². The van der Waals surface area contributed by atoms with Crippen LogP contribution in [0, 0.1) is 3.57 Å². The molecule has 6 nitrogen and oxygen atoms in total. The summed E-state index contributed by atoms with van der Waals surface area (Å²) >= 11 is 13.7. The summed E-state index contributed by atoms with van der Waals surface area (Å²) in [4.78, 5) is 22.7. The van der Waals surface area contributed by atoms with Gasteiger partial charge in [0.05, 0.1) is 31.8 Å². The van der Waals surface area contributed by atoms with E-state index in [1.807, 2.05) is 0 Å². The van der Waals surface area contributed by atoms with Crippen molar-refractivity contribution in [3.05, 3.63) is 25.5 Å². The Bertz CT molecular complexity index is 948. The van der Waals surface area contributed by atoms with Crippen LogP contribution in [0.4, 0.5) is 23.8 Å². The fourth-order valence-corrected chi connectivity index (χ4v) is 4.60. The highest BCUT2D eigenvalue weighted by atomic mass is 127. The Labute approximate surface area is 181 Å². The first-order valence-corrected chi connectivity index (χ1v) is 9.94. The summed E-state index contributed by atoms with van der Waals surface area (Å²) in [7, 11) is 0. The van der Waals surface area contributed by atoms with Gasteiger partial charge in [-0.1, -0.05) is 11.6 Å². The number of carboxylic acid groups (broad SMARTS) is 1. The zero-order valence-corrected chi connectivity index (χ0v) is 18.2. The van der Waals surface area contributed by atoms with Gasteiger partial charge >= 0.3 is 12.3 Å². The SMILES string of the molecule is C[C@@H]1CN(c2nc(Cl)nc3c(I)c(Cl)c(C(F)(F)F)cc23)C[C@H](C)N1C(=O)O. The summed E-state index contributed by atoms with van der Waals surface area (Å²) in [6.45, 7) is 3.95. The maximum atomic E-state index is 13.4. The Morgan fingerprint density at radius 2 is 1.82 bits per heavy atom. The zero-order chi connectivity index (χ0) is 21.0. The molecule has 1 aromatic carbocycles. The quantitative estimate of drug-likeness (QED) is 0.395. The number of piperazine rings is 1. The van der Waals surface area contributed by atoms with E-state index in [9.17, 15) is 23.1 Å². The smallest absolute Gasteiger partial charge is 0.417 e. The highest BCUT2D eigenvalue weighted by Crippen LogP contribution is 2.42. The number of hydrogen-bond acceptors (Lipinski definition) is 4. The molecule has 1 aromatic heterocycles. The molecule has 0 aliphatic carbocycles. The van der Waals surface area contributed by atoms with Gasteiger partial charge in [0.25, 0.3) is 0 Å². The number of benzene rings is 1. The van der Waals surface area contributed by atoms with Crippen molar-refractivity contribution >= 4 is 68.6 Å². The van der Waals surface area contributed by atoms with E-state index in [1.165, 1.54) is 4.90 Å². The maximum absolute atomic E-state index is 13.4. The van der Waals surface area contributed by atoms with Crippen LogP contribution in [0.15, 0.2) is 6.07 Å². The van der Waals surface area contributed by atoms with Crippen molar-refractivity contribution in [1.29, 1.82) is 0 Å². The summed E-state index contributed by atoms with van der Waals surface area (Å²) in [6.07, 6.45) is -5.70. The van der Waals surface area contributed by atoms with Crippen molar-refractivity contribution in [3.8, 4) is 0 Å². The van der Waals surface area contributed by atoms with E-state index in [-0.39, 0.29) is 38.7 Å². The van der Waals surface area contributed by atoms with Crippen molar-refractivity contribution < 1.29 is 23.1 Å². The average Bonchev–Trinajstić information content (AvgIpc) is 2.55. The van der Waals surface area contributed by atoms with E-state index in [4.69, 9.17) is 23.2 Å². The summed E-state index contributed by atoms with van der Waals surface area (Å²) in [6, 6.07) is 0.140. The Balaban J connectivity index is 2.19. The van der Waals surface area contributed by atoms with E-state index >= 15 is 0 Å². The highest BCUT2D eigenvalue weighted by molar-refractivity contribution is 14.1. The molecular weight excluding hydrogens is 535 g/mol. The molecule has 0 radical (unpaired) electrons. The second kappa shape index (κ2) is 7.52. The third-order valence-corrected chi connectivity index (χ3v) is 6.50. The number of alkyl halides is 3. The maximum Gasteiger partial charge on any atom is 0.417 e. The van der Waals surface area contributed by atoms with Gasteiger partial charge in [0.1, 0.15) is 5.82 Å². The van der Waals surface area contributed by atoms with Crippen LogP contribution in [-0.4, -0.2) is 51.2 Å². The predicted octanol–water partition coefficient (Wildman–Crippen LogP) is 5.14. The Kier molecular flexibility index (Phi) is 5.76. The number of hydrogen-bond donors (Lipinski definition) is 1. The van der Waals surface area contributed by atoms with E-state index in [0.29, 0.717) is 0 Å². The molecule has 2 atom stereocenters. The molecule has 1 aliphatic rings. The van der Waals surface area contributed by atoms with Gasteiger partial charge in [-0.3, -0.25) is 4.90 Å². The minimum atomic E-state index is -4.65. The molecule has 2 heterocycles. The molecule has 0 bridgehead atoms. The Morgan fingerprint density at radius 3 is 2.32 bits per heavy atom. The first kappa shape index (κ1) is 21.4. The molecule has 1 amide bonds. The van der Waals surface area contributed by atoms with Gasteiger partial charge in [-0.25, -0.2) is 9.78 Å². The number of halogens is 6. The van der Waals surface area contributed by atoms with Gasteiger partial charge < -0.3 is 10.0 Å². The standard InChI is InChI=1S/C16H14Cl2F3IN4O2/c1-6-4-25(5-7(2)26(6)15(27)28)13-8-3-9(16(19,20)21)10(17)11(22)12(8)23-14(18)24-13/h3,6-7H,4-5H2,1-2H3,(H,27,28)/t6-,7+. The Morgan fingerprint density at radius 1 is 1.25 bits per heavy atom. The second-order valence-corrected chi connectivity index (χ2v) is 8.35. The van der Waals surface area contributed by atoms with Crippen molar-refractivity contribution in [2.24, 2.45) is 0 Å². The third-order valence-electron chi connectivity index (χ3n) is 4.57. The van der Waals surface area contributed by atoms with Crippen LogP contribution < -0.4 is 4.90 Å². The Hall–Kier alpha value is -1.27. The molecule has 3 rings (SSSR count). The molecule has 28 heavy (non-hydrogen) atoms. The molecule has 0 spiro atoms. The fourth-order valence-electron chi connectivity index (χ4n) is 3.48. The molecule has 0 unspecified atom stereocenters. The van der Waals surface area contributed by atoms with Crippen LogP contribution in [-0.2, 0) is 6.18 Å². The number of aromatic nitrogens is 2. The van der Waals surface area contributed by atoms with Crippen LogP contribution >= 0.6 is 45.8 Å². The predicted molar refractivity (Wildman–Crippen MR) is 108 cm³/mol. The normalized spacial score (nSPS) is 20.7. The second-order valence-electron chi connectivity index (χ2n) is 6.56. The van der Waals surface area contributed by atoms with Crippen LogP contribution in [0.3, 0.4) is 0 Å².